The van der Waals surface area contributed by atoms with E-state index in [1.165, 1.54) is 6.20 Å². The first-order chi connectivity index (χ1) is 12.1. The van der Waals surface area contributed by atoms with E-state index in [4.69, 9.17) is 5.26 Å². The van der Waals surface area contributed by atoms with Crippen molar-refractivity contribution in [3.8, 4) is 6.07 Å². The molecule has 2 aromatic heterocycles. The lowest BCUT2D eigenvalue weighted by molar-refractivity contribution is -0.131. The average molecular weight is 338 g/mol. The van der Waals surface area contributed by atoms with E-state index >= 15 is 0 Å². The second-order valence-corrected chi connectivity index (χ2v) is 6.39. The zero-order valence-corrected chi connectivity index (χ0v) is 14.6. The lowest BCUT2D eigenvalue weighted by Gasteiger charge is -2.35. The first kappa shape index (κ1) is 17.0. The van der Waals surface area contributed by atoms with Crippen LogP contribution >= 0.6 is 0 Å². The van der Waals surface area contributed by atoms with Crippen LogP contribution < -0.4 is 4.90 Å². The van der Waals surface area contributed by atoms with Crippen molar-refractivity contribution in [2.45, 2.75) is 25.8 Å². The molecule has 2 aromatic rings. The second-order valence-electron chi connectivity index (χ2n) is 6.39. The maximum Gasteiger partial charge on any atom is 0.242 e. The van der Waals surface area contributed by atoms with Crippen LogP contribution in [-0.2, 0) is 4.79 Å². The maximum atomic E-state index is 12.7. The topological polar surface area (TPSA) is 78.0 Å². The van der Waals surface area contributed by atoms with Crippen molar-refractivity contribution >= 4 is 11.7 Å². The van der Waals surface area contributed by atoms with Gasteiger partial charge >= 0.3 is 0 Å². The van der Waals surface area contributed by atoms with E-state index < -0.39 is 0 Å². The van der Waals surface area contributed by atoms with E-state index in [0.717, 1.165) is 25.2 Å². The molecule has 1 amide bonds. The number of likely N-dealkylation sites (tertiary alicyclic amines) is 1. The normalized spacial score (nSPS) is 17.2. The second kappa shape index (κ2) is 7.34. The zero-order chi connectivity index (χ0) is 17.8. The van der Waals surface area contributed by atoms with Crippen LogP contribution in [-0.4, -0.2) is 52.0 Å². The third-order valence-corrected chi connectivity index (χ3v) is 4.65. The highest BCUT2D eigenvalue weighted by Gasteiger charge is 2.26. The van der Waals surface area contributed by atoms with E-state index in [-0.39, 0.29) is 12.5 Å². The summed E-state index contributed by atoms with van der Waals surface area (Å²) >= 11 is 0. The van der Waals surface area contributed by atoms with Crippen LogP contribution in [0.25, 0.3) is 0 Å². The lowest BCUT2D eigenvalue weighted by Crippen LogP contribution is -2.45. The number of carbonyl (C=O) groups excluding carboxylic acids is 1. The molecule has 1 aliphatic rings. The van der Waals surface area contributed by atoms with Crippen LogP contribution in [0.4, 0.5) is 5.82 Å². The number of piperidine rings is 1. The van der Waals surface area contributed by atoms with Crippen molar-refractivity contribution in [2.75, 3.05) is 31.6 Å². The Morgan fingerprint density at radius 3 is 2.92 bits per heavy atom. The number of hydrogen-bond acceptors (Lipinski definition) is 5. The summed E-state index contributed by atoms with van der Waals surface area (Å²) in [4.78, 5) is 24.9. The van der Waals surface area contributed by atoms with Crippen molar-refractivity contribution in [1.82, 2.24) is 19.4 Å². The molecule has 3 rings (SSSR count). The summed E-state index contributed by atoms with van der Waals surface area (Å²) in [5.41, 5.74) is 0.512. The first-order valence-corrected chi connectivity index (χ1v) is 8.43. The fourth-order valence-corrected chi connectivity index (χ4v) is 3.24. The first-order valence-electron chi connectivity index (χ1n) is 8.43. The van der Waals surface area contributed by atoms with Gasteiger partial charge in [0.15, 0.2) is 0 Å². The Labute approximate surface area is 147 Å². The Morgan fingerprint density at radius 1 is 1.44 bits per heavy atom. The van der Waals surface area contributed by atoms with E-state index in [1.54, 1.807) is 18.3 Å². The molecule has 7 heteroatoms. The molecule has 1 aliphatic heterocycles. The Morgan fingerprint density at radius 2 is 2.28 bits per heavy atom. The highest BCUT2D eigenvalue weighted by atomic mass is 16.2. The quantitative estimate of drug-likeness (QED) is 0.849. The number of pyridine rings is 1. The SMILES string of the molecule is Cc1nccn1[C@@H]1CCCN(C(=O)CN(C)c2ccc(C#N)cn2)C1. The van der Waals surface area contributed by atoms with Gasteiger partial charge in [-0.1, -0.05) is 0 Å². The van der Waals surface area contributed by atoms with Crippen LogP contribution in [0.1, 0.15) is 30.3 Å². The molecule has 0 spiro atoms. The number of rotatable bonds is 4. The Kier molecular flexibility index (Phi) is 4.98. The molecular formula is C18H22N6O. The highest BCUT2D eigenvalue weighted by Crippen LogP contribution is 2.23. The Hall–Kier alpha value is -2.88. The Balaban J connectivity index is 1.62. The molecule has 1 saturated heterocycles. The molecule has 7 nitrogen and oxygen atoms in total. The number of hydrogen-bond donors (Lipinski definition) is 0. The van der Waals surface area contributed by atoms with Gasteiger partial charge in [0, 0.05) is 38.7 Å². The summed E-state index contributed by atoms with van der Waals surface area (Å²) in [6.45, 7) is 3.77. The predicted molar refractivity (Wildman–Crippen MR) is 94.0 cm³/mol. The third kappa shape index (κ3) is 3.79. The molecule has 3 heterocycles. The lowest BCUT2D eigenvalue weighted by atomic mass is 10.1. The smallest absolute Gasteiger partial charge is 0.242 e. The van der Waals surface area contributed by atoms with E-state index in [2.05, 4.69) is 14.5 Å². The molecule has 0 bridgehead atoms. The molecule has 0 saturated carbocycles. The van der Waals surface area contributed by atoms with Crippen LogP contribution in [0.15, 0.2) is 30.7 Å². The molecule has 130 valence electrons. The van der Waals surface area contributed by atoms with E-state index in [1.807, 2.05) is 36.0 Å². The number of amides is 1. The third-order valence-electron chi connectivity index (χ3n) is 4.65. The van der Waals surface area contributed by atoms with Gasteiger partial charge in [-0.15, -0.1) is 0 Å². The molecule has 0 unspecified atom stereocenters. The Bertz CT molecular complexity index is 776. The van der Waals surface area contributed by atoms with Crippen LogP contribution in [0.5, 0.6) is 0 Å². The van der Waals surface area contributed by atoms with Gasteiger partial charge in [-0.25, -0.2) is 9.97 Å². The van der Waals surface area contributed by atoms with Crippen molar-refractivity contribution in [3.05, 3.63) is 42.1 Å². The number of likely N-dealkylation sites (N-methyl/N-ethyl adjacent to an activating group) is 1. The number of anilines is 1. The number of nitriles is 1. The summed E-state index contributed by atoms with van der Waals surface area (Å²) in [5, 5.41) is 8.83. The molecule has 0 N–H and O–H groups in total. The van der Waals surface area contributed by atoms with Gasteiger partial charge in [-0.3, -0.25) is 4.79 Å². The van der Waals surface area contributed by atoms with E-state index in [0.29, 0.717) is 24.0 Å². The van der Waals surface area contributed by atoms with Gasteiger partial charge in [0.2, 0.25) is 5.91 Å². The molecule has 0 radical (unpaired) electrons. The molecule has 1 fully saturated rings. The minimum Gasteiger partial charge on any atom is -0.350 e. The molecule has 25 heavy (non-hydrogen) atoms. The van der Waals surface area contributed by atoms with Crippen molar-refractivity contribution in [2.24, 2.45) is 0 Å². The molecular weight excluding hydrogens is 316 g/mol. The number of nitrogens with zero attached hydrogens (tertiary/aromatic N) is 6. The number of aromatic nitrogens is 3. The molecule has 0 aliphatic carbocycles. The van der Waals surface area contributed by atoms with Crippen LogP contribution in [0, 0.1) is 18.3 Å². The van der Waals surface area contributed by atoms with Crippen molar-refractivity contribution in [3.63, 3.8) is 0 Å². The molecule has 1 atom stereocenters. The summed E-state index contributed by atoms with van der Waals surface area (Å²) < 4.78 is 2.16. The largest absolute Gasteiger partial charge is 0.350 e. The summed E-state index contributed by atoms with van der Waals surface area (Å²) in [6, 6.07) is 5.81. The monoisotopic (exact) mass is 338 g/mol. The van der Waals surface area contributed by atoms with Gasteiger partial charge < -0.3 is 14.4 Å². The average Bonchev–Trinajstić information content (AvgIpc) is 3.07. The predicted octanol–water partition coefficient (Wildman–Crippen LogP) is 1.76. The van der Waals surface area contributed by atoms with Crippen molar-refractivity contribution < 1.29 is 4.79 Å². The number of carbonyl (C=O) groups is 1. The highest BCUT2D eigenvalue weighted by molar-refractivity contribution is 5.81. The summed E-state index contributed by atoms with van der Waals surface area (Å²) in [6.07, 6.45) is 7.37. The van der Waals surface area contributed by atoms with Crippen molar-refractivity contribution in [1.29, 1.82) is 5.26 Å². The minimum absolute atomic E-state index is 0.0936. The maximum absolute atomic E-state index is 12.7. The van der Waals surface area contributed by atoms with E-state index in [9.17, 15) is 4.79 Å². The zero-order valence-electron chi connectivity index (χ0n) is 14.6. The number of imidazole rings is 1. The molecule has 0 aromatic carbocycles. The minimum atomic E-state index is 0.0936. The summed E-state index contributed by atoms with van der Waals surface area (Å²) in [7, 11) is 1.84. The number of aryl methyl sites for hydroxylation is 1. The van der Waals surface area contributed by atoms with Crippen LogP contribution in [0.2, 0.25) is 0 Å². The van der Waals surface area contributed by atoms with Gasteiger partial charge in [0.1, 0.15) is 17.7 Å². The van der Waals surface area contributed by atoms with Gasteiger partial charge in [-0.05, 0) is 31.9 Å². The fraction of sp³-hybridized carbons (Fsp3) is 0.444. The van der Waals surface area contributed by atoms with Gasteiger partial charge in [-0.2, -0.15) is 5.26 Å². The van der Waals surface area contributed by atoms with Gasteiger partial charge in [0.25, 0.3) is 0 Å². The van der Waals surface area contributed by atoms with Gasteiger partial charge in [0.05, 0.1) is 18.2 Å². The van der Waals surface area contributed by atoms with Crippen LogP contribution in [0.3, 0.4) is 0 Å². The fourth-order valence-electron chi connectivity index (χ4n) is 3.24. The summed E-state index contributed by atoms with van der Waals surface area (Å²) in [5.74, 6) is 1.76. The standard InChI is InChI=1S/C18H22N6O/c1-14-20-7-9-24(14)16-4-3-8-23(12-16)18(25)13-22(2)17-6-5-15(10-19)11-21-17/h5-7,9,11,16H,3-4,8,12-13H2,1-2H3/t16-/m1/s1.